The molecule has 0 aliphatic rings. The van der Waals surface area contributed by atoms with Gasteiger partial charge < -0.3 is 13.8 Å². The van der Waals surface area contributed by atoms with Crippen LogP contribution in [0.3, 0.4) is 0 Å². The van der Waals surface area contributed by atoms with Crippen LogP contribution in [0, 0.1) is 6.92 Å². The Morgan fingerprint density at radius 2 is 2.13 bits per heavy atom. The van der Waals surface area contributed by atoms with Gasteiger partial charge in [0.2, 0.25) is 5.89 Å². The van der Waals surface area contributed by atoms with Gasteiger partial charge >= 0.3 is 0 Å². The fourth-order valence-electron chi connectivity index (χ4n) is 1.83. The first-order valence-corrected chi connectivity index (χ1v) is 8.17. The van der Waals surface area contributed by atoms with E-state index in [0.29, 0.717) is 34.1 Å². The molecular weight excluding hydrogens is 338 g/mol. The topological polar surface area (TPSA) is 78.9 Å². The fourth-order valence-corrected chi connectivity index (χ4v) is 2.78. The summed E-state index contributed by atoms with van der Waals surface area (Å²) in [5.74, 6) is 3.04. The van der Waals surface area contributed by atoms with Crippen molar-refractivity contribution in [3.05, 3.63) is 46.8 Å². The van der Waals surface area contributed by atoms with Crippen molar-refractivity contribution in [1.29, 1.82) is 0 Å². The highest BCUT2D eigenvalue weighted by atomic mass is 35.5. The average molecular weight is 352 g/mol. The van der Waals surface area contributed by atoms with Crippen molar-refractivity contribution in [2.24, 2.45) is 7.05 Å². The molecule has 0 atom stereocenters. The van der Waals surface area contributed by atoms with Gasteiger partial charge in [0.1, 0.15) is 12.4 Å². The molecule has 0 spiro atoms. The maximum absolute atomic E-state index is 6.06. The van der Waals surface area contributed by atoms with Crippen LogP contribution in [0.4, 0.5) is 0 Å². The summed E-state index contributed by atoms with van der Waals surface area (Å²) in [5.41, 5.74) is 0. The number of rotatable bonds is 6. The number of aryl methyl sites for hydroxylation is 1. The second kappa shape index (κ2) is 7.01. The molecule has 23 heavy (non-hydrogen) atoms. The lowest BCUT2D eigenvalue weighted by Gasteiger charge is -2.07. The zero-order valence-corrected chi connectivity index (χ0v) is 14.1. The first-order chi connectivity index (χ1) is 11.1. The smallest absolute Gasteiger partial charge is 0.237 e. The Balaban J connectivity index is 1.61. The van der Waals surface area contributed by atoms with E-state index >= 15 is 0 Å². The van der Waals surface area contributed by atoms with E-state index in [-0.39, 0.29) is 6.61 Å². The lowest BCUT2D eigenvalue weighted by atomic mass is 10.3. The largest absolute Gasteiger partial charge is 0.484 e. The minimum Gasteiger partial charge on any atom is -0.484 e. The van der Waals surface area contributed by atoms with Crippen LogP contribution in [0.1, 0.15) is 17.5 Å². The summed E-state index contributed by atoms with van der Waals surface area (Å²) in [6, 6.07) is 7.31. The molecule has 1 aromatic carbocycles. The monoisotopic (exact) mass is 351 g/mol. The van der Waals surface area contributed by atoms with E-state index in [1.807, 2.05) is 29.8 Å². The SMILES string of the molecule is Cc1noc(CSc2nnc(COc3ccccc3Cl)n2C)n1. The molecule has 3 aromatic rings. The van der Waals surface area contributed by atoms with Crippen LogP contribution < -0.4 is 4.74 Å². The predicted octanol–water partition coefficient (Wildman–Crippen LogP) is 3.03. The van der Waals surface area contributed by atoms with Gasteiger partial charge in [-0.25, -0.2) is 0 Å². The second-order valence-corrected chi connectivity index (χ2v) is 6.05. The van der Waals surface area contributed by atoms with Crippen molar-refractivity contribution < 1.29 is 9.26 Å². The van der Waals surface area contributed by atoms with E-state index in [4.69, 9.17) is 20.9 Å². The third-order valence-corrected chi connectivity index (χ3v) is 4.33. The number of ether oxygens (including phenoxy) is 1. The lowest BCUT2D eigenvalue weighted by molar-refractivity contribution is 0.290. The molecule has 0 aliphatic heterocycles. The molecule has 0 saturated heterocycles. The highest BCUT2D eigenvalue weighted by molar-refractivity contribution is 7.98. The van der Waals surface area contributed by atoms with Crippen LogP contribution in [0.2, 0.25) is 5.02 Å². The van der Waals surface area contributed by atoms with Crippen LogP contribution in [-0.4, -0.2) is 24.9 Å². The van der Waals surface area contributed by atoms with E-state index in [0.717, 1.165) is 5.16 Å². The van der Waals surface area contributed by atoms with Crippen molar-refractivity contribution in [3.63, 3.8) is 0 Å². The zero-order chi connectivity index (χ0) is 16.2. The standard InChI is InChI=1S/C14H14ClN5O2S/c1-9-16-13(22-19-9)8-23-14-18-17-12(20(14)2)7-21-11-6-4-3-5-10(11)15/h3-6H,7-8H2,1-2H3. The molecule has 0 unspecified atom stereocenters. The third-order valence-electron chi connectivity index (χ3n) is 3.01. The fraction of sp³-hybridized carbons (Fsp3) is 0.286. The van der Waals surface area contributed by atoms with Gasteiger partial charge in [0.25, 0.3) is 0 Å². The first kappa shape index (κ1) is 15.8. The molecule has 0 amide bonds. The molecule has 7 nitrogen and oxygen atoms in total. The molecule has 9 heteroatoms. The second-order valence-electron chi connectivity index (χ2n) is 4.70. The van der Waals surface area contributed by atoms with Gasteiger partial charge in [0.15, 0.2) is 16.8 Å². The molecular formula is C14H14ClN5O2S. The Hall–Kier alpha value is -2.06. The lowest BCUT2D eigenvalue weighted by Crippen LogP contribution is -2.04. The third kappa shape index (κ3) is 3.83. The summed E-state index contributed by atoms with van der Waals surface area (Å²) < 4.78 is 12.6. The van der Waals surface area contributed by atoms with Gasteiger partial charge in [-0.2, -0.15) is 4.98 Å². The summed E-state index contributed by atoms with van der Waals surface area (Å²) in [5, 5.41) is 13.3. The zero-order valence-electron chi connectivity index (χ0n) is 12.6. The number of halogens is 1. The van der Waals surface area contributed by atoms with Crippen LogP contribution in [0.5, 0.6) is 5.75 Å². The van der Waals surface area contributed by atoms with E-state index in [1.165, 1.54) is 11.8 Å². The number of hydrogen-bond donors (Lipinski definition) is 0. The Labute approximate surface area is 142 Å². The first-order valence-electron chi connectivity index (χ1n) is 6.81. The summed E-state index contributed by atoms with van der Waals surface area (Å²) in [6.07, 6.45) is 0. The number of aromatic nitrogens is 5. The predicted molar refractivity (Wildman–Crippen MR) is 85.4 cm³/mol. The summed E-state index contributed by atoms with van der Waals surface area (Å²) >= 11 is 7.53. The van der Waals surface area contributed by atoms with Gasteiger partial charge in [-0.05, 0) is 19.1 Å². The number of para-hydroxylation sites is 1. The normalized spacial score (nSPS) is 10.9. The number of thioether (sulfide) groups is 1. The highest BCUT2D eigenvalue weighted by Gasteiger charge is 2.12. The number of benzene rings is 1. The molecule has 0 bridgehead atoms. The van der Waals surface area contributed by atoms with Gasteiger partial charge in [-0.3, -0.25) is 0 Å². The van der Waals surface area contributed by atoms with Crippen molar-refractivity contribution in [2.45, 2.75) is 24.4 Å². The molecule has 2 heterocycles. The number of hydrogen-bond acceptors (Lipinski definition) is 7. The van der Waals surface area contributed by atoms with Gasteiger partial charge in [-0.1, -0.05) is 40.7 Å². The molecule has 0 saturated carbocycles. The average Bonchev–Trinajstić information content (AvgIpc) is 3.11. The summed E-state index contributed by atoms with van der Waals surface area (Å²) in [6.45, 7) is 2.07. The van der Waals surface area contributed by atoms with Crippen molar-refractivity contribution >= 4 is 23.4 Å². The molecule has 0 radical (unpaired) electrons. The summed E-state index contributed by atoms with van der Waals surface area (Å²) in [4.78, 5) is 4.15. The van der Waals surface area contributed by atoms with E-state index in [2.05, 4.69) is 20.3 Å². The Bertz CT molecular complexity index is 804. The minimum absolute atomic E-state index is 0.285. The van der Waals surface area contributed by atoms with Crippen molar-refractivity contribution in [2.75, 3.05) is 0 Å². The summed E-state index contributed by atoms with van der Waals surface area (Å²) in [7, 11) is 1.88. The van der Waals surface area contributed by atoms with Gasteiger partial charge in [0, 0.05) is 7.05 Å². The van der Waals surface area contributed by atoms with Crippen LogP contribution in [0.15, 0.2) is 33.9 Å². The van der Waals surface area contributed by atoms with E-state index in [1.54, 1.807) is 13.0 Å². The molecule has 0 N–H and O–H groups in total. The van der Waals surface area contributed by atoms with Crippen LogP contribution >= 0.6 is 23.4 Å². The van der Waals surface area contributed by atoms with Gasteiger partial charge in [0.05, 0.1) is 10.8 Å². The quantitative estimate of drug-likeness (QED) is 0.631. The molecule has 0 fully saturated rings. The van der Waals surface area contributed by atoms with Gasteiger partial charge in [-0.15, -0.1) is 10.2 Å². The molecule has 3 rings (SSSR count). The van der Waals surface area contributed by atoms with Crippen molar-refractivity contribution in [3.8, 4) is 5.75 Å². The Morgan fingerprint density at radius 1 is 1.30 bits per heavy atom. The molecule has 0 aliphatic carbocycles. The Morgan fingerprint density at radius 3 is 2.87 bits per heavy atom. The number of nitrogens with zero attached hydrogens (tertiary/aromatic N) is 5. The molecule has 120 valence electrons. The van der Waals surface area contributed by atoms with Crippen LogP contribution in [0.25, 0.3) is 0 Å². The minimum atomic E-state index is 0.285. The van der Waals surface area contributed by atoms with Crippen LogP contribution in [-0.2, 0) is 19.4 Å². The highest BCUT2D eigenvalue weighted by Crippen LogP contribution is 2.25. The Kier molecular flexibility index (Phi) is 4.82. The maximum Gasteiger partial charge on any atom is 0.237 e. The molecule has 2 aromatic heterocycles. The van der Waals surface area contributed by atoms with E-state index < -0.39 is 0 Å². The maximum atomic E-state index is 6.06. The van der Waals surface area contributed by atoms with Crippen molar-refractivity contribution in [1.82, 2.24) is 24.9 Å². The van der Waals surface area contributed by atoms with E-state index in [9.17, 15) is 0 Å².